The van der Waals surface area contributed by atoms with Crippen LogP contribution in [0.5, 0.6) is 5.75 Å². The summed E-state index contributed by atoms with van der Waals surface area (Å²) in [5.41, 5.74) is 7.09. The molecule has 0 saturated carbocycles. The Balaban J connectivity index is 1.88. The fourth-order valence-electron chi connectivity index (χ4n) is 5.29. The Bertz CT molecular complexity index is 1890. The monoisotopic (exact) mass is 802 g/mol. The van der Waals surface area contributed by atoms with E-state index < -0.39 is 59.1 Å². The van der Waals surface area contributed by atoms with Gasteiger partial charge < -0.3 is 40.6 Å². The number of nitrogens with one attached hydrogen (secondary N) is 3. The summed E-state index contributed by atoms with van der Waals surface area (Å²) in [5.74, 6) is -2.25. The van der Waals surface area contributed by atoms with Crippen LogP contribution in [-0.4, -0.2) is 78.9 Å². The van der Waals surface area contributed by atoms with Crippen LogP contribution in [0.2, 0.25) is 0 Å². The van der Waals surface area contributed by atoms with Gasteiger partial charge in [-0.2, -0.15) is 0 Å². The van der Waals surface area contributed by atoms with Crippen molar-refractivity contribution in [3.63, 3.8) is 0 Å². The molecule has 5 amide bonds. The van der Waals surface area contributed by atoms with Crippen molar-refractivity contribution < 1.29 is 52.6 Å². The molecule has 3 aromatic carbocycles. The van der Waals surface area contributed by atoms with E-state index in [0.717, 1.165) is 0 Å². The average Bonchev–Trinajstić information content (AvgIpc) is 3.21. The maximum atomic E-state index is 14.7. The second-order valence-electron chi connectivity index (χ2n) is 12.5. The van der Waals surface area contributed by atoms with Gasteiger partial charge in [-0.3, -0.25) is 29.4 Å². The minimum atomic E-state index is -1.27. The predicted octanol–water partition coefficient (Wildman–Crippen LogP) is 4.61. The standard InChI is InChI=1S/C40H46N6O12/c1-4-23-55-38(50)42-22-10-9-13-34(35(41)47)45(30-16-14-29(15-17-30)26-57-40(52)58-32-20-18-31(19-21-32)46(53)54)37(49)33(25-28-11-7-6-8-12-28)44-36(48)27(3)43-39(51)56-24-5-2/h4-8,11-12,14-21,27,33-34H,1-2,9-10,13,22-26H2,3H3,(H2,41,47)(H,42,50)(H,43,51)(H,44,48)/t27-,33+,34+/m1/s1. The Morgan fingerprint density at radius 3 is 2.07 bits per heavy atom. The molecule has 0 radical (unpaired) electrons. The van der Waals surface area contributed by atoms with Gasteiger partial charge in [-0.1, -0.05) is 67.8 Å². The molecule has 18 nitrogen and oxygen atoms in total. The summed E-state index contributed by atoms with van der Waals surface area (Å²) in [6, 6.07) is 16.1. The number of primary amides is 1. The van der Waals surface area contributed by atoms with E-state index in [0.29, 0.717) is 24.0 Å². The van der Waals surface area contributed by atoms with Crippen LogP contribution in [0.3, 0.4) is 0 Å². The smallest absolute Gasteiger partial charge is 0.445 e. The number of benzene rings is 3. The highest BCUT2D eigenvalue weighted by molar-refractivity contribution is 6.04. The van der Waals surface area contributed by atoms with Gasteiger partial charge in [-0.15, -0.1) is 0 Å². The molecule has 5 N–H and O–H groups in total. The summed E-state index contributed by atoms with van der Waals surface area (Å²) in [6.07, 6.45) is 0.925. The van der Waals surface area contributed by atoms with Crippen molar-refractivity contribution in [3.8, 4) is 5.75 Å². The normalized spacial score (nSPS) is 11.9. The first-order chi connectivity index (χ1) is 27.8. The van der Waals surface area contributed by atoms with Gasteiger partial charge in [0.2, 0.25) is 11.8 Å². The van der Waals surface area contributed by atoms with Crippen LogP contribution in [0, 0.1) is 10.1 Å². The molecule has 3 atom stereocenters. The molecule has 0 aliphatic heterocycles. The summed E-state index contributed by atoms with van der Waals surface area (Å²) in [6.45, 7) is 8.23. The van der Waals surface area contributed by atoms with Gasteiger partial charge in [0.25, 0.3) is 11.6 Å². The third-order valence-electron chi connectivity index (χ3n) is 8.16. The number of hydrogen-bond acceptors (Lipinski definition) is 12. The Kier molecular flexibility index (Phi) is 18.4. The number of unbranched alkanes of at least 4 members (excludes halogenated alkanes) is 1. The lowest BCUT2D eigenvalue weighted by atomic mass is 10.00. The van der Waals surface area contributed by atoms with Crippen molar-refractivity contribution in [1.29, 1.82) is 0 Å². The van der Waals surface area contributed by atoms with E-state index in [1.54, 1.807) is 30.3 Å². The Labute approximate surface area is 334 Å². The maximum Gasteiger partial charge on any atom is 0.514 e. The first-order valence-corrected chi connectivity index (χ1v) is 18.0. The van der Waals surface area contributed by atoms with E-state index in [2.05, 4.69) is 29.1 Å². The number of carbonyl (C=O) groups is 6. The molecule has 0 aromatic heterocycles. The number of nitro benzene ring substituents is 1. The number of nitrogens with zero attached hydrogens (tertiary/aromatic N) is 2. The first-order valence-electron chi connectivity index (χ1n) is 18.0. The molecule has 0 unspecified atom stereocenters. The Morgan fingerprint density at radius 1 is 0.828 bits per heavy atom. The molecular weight excluding hydrogens is 756 g/mol. The molecule has 0 aliphatic carbocycles. The highest BCUT2D eigenvalue weighted by Gasteiger charge is 2.35. The van der Waals surface area contributed by atoms with Gasteiger partial charge in [0.15, 0.2) is 0 Å². The zero-order valence-corrected chi connectivity index (χ0v) is 31.8. The highest BCUT2D eigenvalue weighted by Crippen LogP contribution is 2.24. The minimum absolute atomic E-state index is 0.0133. The predicted molar refractivity (Wildman–Crippen MR) is 210 cm³/mol. The van der Waals surface area contributed by atoms with E-state index in [1.807, 2.05) is 0 Å². The lowest BCUT2D eigenvalue weighted by Crippen LogP contribution is -2.58. The number of alkyl carbamates (subject to hydrolysis) is 2. The molecule has 0 heterocycles. The van der Waals surface area contributed by atoms with E-state index in [4.69, 9.17) is 24.7 Å². The average molecular weight is 803 g/mol. The number of nitro groups is 1. The molecule has 0 fully saturated rings. The number of amides is 5. The summed E-state index contributed by atoms with van der Waals surface area (Å²) in [7, 11) is 0. The summed E-state index contributed by atoms with van der Waals surface area (Å²) >= 11 is 0. The summed E-state index contributed by atoms with van der Waals surface area (Å²) < 4.78 is 20.1. The number of hydrogen-bond donors (Lipinski definition) is 4. The van der Waals surface area contributed by atoms with Crippen LogP contribution in [0.25, 0.3) is 0 Å². The molecule has 18 heteroatoms. The lowest BCUT2D eigenvalue weighted by molar-refractivity contribution is -0.384. The number of anilines is 1. The molecule has 58 heavy (non-hydrogen) atoms. The van der Waals surface area contributed by atoms with Gasteiger partial charge in [0.05, 0.1) is 4.92 Å². The second kappa shape index (κ2) is 23.6. The summed E-state index contributed by atoms with van der Waals surface area (Å²) in [5, 5.41) is 18.6. The summed E-state index contributed by atoms with van der Waals surface area (Å²) in [4.78, 5) is 89.1. The maximum absolute atomic E-state index is 14.7. The van der Waals surface area contributed by atoms with Crippen molar-refractivity contribution in [1.82, 2.24) is 16.0 Å². The van der Waals surface area contributed by atoms with E-state index in [9.17, 15) is 38.9 Å². The van der Waals surface area contributed by atoms with Gasteiger partial charge >= 0.3 is 18.3 Å². The van der Waals surface area contributed by atoms with Crippen molar-refractivity contribution in [2.75, 3.05) is 24.7 Å². The van der Waals surface area contributed by atoms with Gasteiger partial charge in [0.1, 0.15) is 43.7 Å². The number of non-ortho nitro benzene ring substituents is 1. The van der Waals surface area contributed by atoms with Crippen molar-refractivity contribution >= 4 is 47.4 Å². The zero-order chi connectivity index (χ0) is 42.5. The molecule has 0 saturated heterocycles. The minimum Gasteiger partial charge on any atom is -0.445 e. The molecule has 308 valence electrons. The van der Waals surface area contributed by atoms with E-state index in [1.165, 1.54) is 72.5 Å². The van der Waals surface area contributed by atoms with E-state index >= 15 is 0 Å². The first kappa shape index (κ1) is 45.2. The van der Waals surface area contributed by atoms with Crippen molar-refractivity contribution in [2.24, 2.45) is 5.73 Å². The molecule has 0 spiro atoms. The van der Waals surface area contributed by atoms with Gasteiger partial charge in [-0.25, -0.2) is 14.4 Å². The lowest BCUT2D eigenvalue weighted by Gasteiger charge is -2.34. The number of carbonyl (C=O) groups excluding carboxylic acids is 6. The van der Waals surface area contributed by atoms with Crippen molar-refractivity contribution in [3.05, 3.63) is 125 Å². The SMILES string of the molecule is C=CCOC(=O)NCCCC[C@@H](C(N)=O)N(C(=O)[C@H](Cc1ccccc1)NC(=O)[C@@H](C)NC(=O)OCC=C)c1ccc(COC(=O)Oc2ccc([N+](=O)[O-])cc2)cc1. The number of nitrogens with two attached hydrogens (primary N) is 1. The quantitative estimate of drug-likeness (QED) is 0.0207. The fraction of sp³-hybridized carbons (Fsp3) is 0.300. The van der Waals surface area contributed by atoms with Crippen LogP contribution in [0.15, 0.2) is 104 Å². The van der Waals surface area contributed by atoms with Gasteiger partial charge in [0, 0.05) is 30.8 Å². The van der Waals surface area contributed by atoms with Crippen LogP contribution in [0.4, 0.5) is 25.8 Å². The van der Waals surface area contributed by atoms with Gasteiger partial charge in [-0.05, 0) is 61.6 Å². The topological polar surface area (TPSA) is 248 Å². The molecular formula is C40H46N6O12. The van der Waals surface area contributed by atoms with Crippen LogP contribution in [-0.2, 0) is 41.6 Å². The van der Waals surface area contributed by atoms with E-state index in [-0.39, 0.29) is 56.3 Å². The second-order valence-corrected chi connectivity index (χ2v) is 12.5. The third kappa shape index (κ3) is 15.1. The molecule has 0 aliphatic rings. The Morgan fingerprint density at radius 2 is 1.47 bits per heavy atom. The largest absolute Gasteiger partial charge is 0.514 e. The third-order valence-corrected chi connectivity index (χ3v) is 8.16. The fourth-order valence-corrected chi connectivity index (χ4v) is 5.29. The highest BCUT2D eigenvalue weighted by atomic mass is 16.7. The van der Waals surface area contributed by atoms with Crippen LogP contribution >= 0.6 is 0 Å². The number of ether oxygens (including phenoxy) is 4. The zero-order valence-electron chi connectivity index (χ0n) is 31.8. The van der Waals surface area contributed by atoms with Crippen LogP contribution in [0.1, 0.15) is 37.3 Å². The number of rotatable bonds is 22. The molecule has 0 bridgehead atoms. The molecule has 3 rings (SSSR count). The van der Waals surface area contributed by atoms with Crippen LogP contribution < -0.4 is 31.3 Å². The van der Waals surface area contributed by atoms with Crippen molar-refractivity contribution in [2.45, 2.75) is 57.3 Å². The molecule has 3 aromatic rings. The Hall–Kier alpha value is -7.24.